The lowest BCUT2D eigenvalue weighted by Gasteiger charge is -2.21. The maximum Gasteiger partial charge on any atom is 0.253 e. The van der Waals surface area contributed by atoms with E-state index in [0.717, 1.165) is 49.4 Å². The zero-order valence-electron chi connectivity index (χ0n) is 16.2. The van der Waals surface area contributed by atoms with Gasteiger partial charge in [0.05, 0.1) is 11.9 Å². The van der Waals surface area contributed by atoms with Gasteiger partial charge >= 0.3 is 0 Å². The Balaban J connectivity index is 1.38. The first-order chi connectivity index (χ1) is 13.6. The second-order valence-corrected chi connectivity index (χ2v) is 7.39. The zero-order valence-corrected chi connectivity index (χ0v) is 16.2. The maximum atomic E-state index is 12.9. The molecule has 4 rings (SSSR count). The second-order valence-electron chi connectivity index (χ2n) is 7.39. The van der Waals surface area contributed by atoms with Gasteiger partial charge in [-0.05, 0) is 49.6 Å². The van der Waals surface area contributed by atoms with E-state index in [1.54, 1.807) is 6.07 Å². The van der Waals surface area contributed by atoms with Gasteiger partial charge in [0, 0.05) is 38.8 Å². The van der Waals surface area contributed by atoms with Crippen molar-refractivity contribution in [1.82, 2.24) is 25.3 Å². The summed E-state index contributed by atoms with van der Waals surface area (Å²) in [5, 5.41) is 14.3. The Labute approximate surface area is 163 Å². The molecule has 3 heterocycles. The number of carbonyl (C=O) groups is 1. The maximum absolute atomic E-state index is 12.9. The Bertz CT molecular complexity index is 951. The third-order valence-corrected chi connectivity index (χ3v) is 5.16. The van der Waals surface area contributed by atoms with Crippen LogP contribution in [0, 0.1) is 0 Å². The van der Waals surface area contributed by atoms with Gasteiger partial charge in [0.1, 0.15) is 16.9 Å². The number of anilines is 2. The summed E-state index contributed by atoms with van der Waals surface area (Å²) < 4.78 is 0. The normalized spacial score (nSPS) is 17.4. The molecule has 1 aliphatic heterocycles. The van der Waals surface area contributed by atoms with Crippen LogP contribution in [0.3, 0.4) is 0 Å². The number of benzene rings is 1. The summed E-state index contributed by atoms with van der Waals surface area (Å²) in [6.45, 7) is 1.50. The van der Waals surface area contributed by atoms with Gasteiger partial charge in [-0.3, -0.25) is 4.79 Å². The van der Waals surface area contributed by atoms with E-state index in [0.29, 0.717) is 17.1 Å². The summed E-state index contributed by atoms with van der Waals surface area (Å²) in [6, 6.07) is 9.87. The number of likely N-dealkylation sites (tertiary alicyclic amines) is 1. The molecular formula is C20H25N7O. The van der Waals surface area contributed by atoms with Crippen LogP contribution in [0.15, 0.2) is 36.5 Å². The molecule has 0 saturated carbocycles. The highest BCUT2D eigenvalue weighted by Gasteiger charge is 2.22. The van der Waals surface area contributed by atoms with E-state index in [1.807, 2.05) is 48.3 Å². The highest BCUT2D eigenvalue weighted by molar-refractivity contribution is 5.97. The van der Waals surface area contributed by atoms with Gasteiger partial charge in [-0.2, -0.15) is 15.4 Å². The molecule has 0 radical (unpaired) electrons. The number of amides is 1. The van der Waals surface area contributed by atoms with Crippen LogP contribution in [0.1, 0.15) is 29.6 Å². The Morgan fingerprint density at radius 3 is 2.79 bits per heavy atom. The SMILES string of the molecule is CN(C)c1ccc(NC2CCCN(C(=O)c3ccc4n[nH]nc4c3)CC2)cn1. The van der Waals surface area contributed by atoms with Crippen LogP contribution in [-0.2, 0) is 0 Å². The lowest BCUT2D eigenvalue weighted by Crippen LogP contribution is -2.32. The molecule has 1 saturated heterocycles. The number of aromatic nitrogens is 4. The van der Waals surface area contributed by atoms with Crippen LogP contribution in [0.25, 0.3) is 11.0 Å². The number of fused-ring (bicyclic) bond motifs is 1. The second kappa shape index (κ2) is 7.84. The molecule has 1 fully saturated rings. The third-order valence-electron chi connectivity index (χ3n) is 5.16. The van der Waals surface area contributed by atoms with Crippen molar-refractivity contribution in [1.29, 1.82) is 0 Å². The largest absolute Gasteiger partial charge is 0.381 e. The summed E-state index contributed by atoms with van der Waals surface area (Å²) in [4.78, 5) is 21.3. The highest BCUT2D eigenvalue weighted by Crippen LogP contribution is 2.20. The van der Waals surface area contributed by atoms with Crippen molar-refractivity contribution in [3.63, 3.8) is 0 Å². The molecule has 0 bridgehead atoms. The number of rotatable bonds is 4. The number of hydrogen-bond donors (Lipinski definition) is 2. The van der Waals surface area contributed by atoms with Gasteiger partial charge in [-0.15, -0.1) is 0 Å². The molecule has 8 nitrogen and oxygen atoms in total. The first-order valence-corrected chi connectivity index (χ1v) is 9.60. The first kappa shape index (κ1) is 18.2. The summed E-state index contributed by atoms with van der Waals surface area (Å²) in [5.41, 5.74) is 3.17. The molecule has 0 aliphatic carbocycles. The van der Waals surface area contributed by atoms with E-state index < -0.39 is 0 Å². The predicted molar refractivity (Wildman–Crippen MR) is 110 cm³/mol. The van der Waals surface area contributed by atoms with E-state index in [-0.39, 0.29) is 5.91 Å². The van der Waals surface area contributed by atoms with Gasteiger partial charge in [0.2, 0.25) is 0 Å². The number of nitrogens with one attached hydrogen (secondary N) is 2. The van der Waals surface area contributed by atoms with Crippen LogP contribution in [0.2, 0.25) is 0 Å². The average molecular weight is 379 g/mol. The number of carbonyl (C=O) groups excluding carboxylic acids is 1. The van der Waals surface area contributed by atoms with E-state index in [9.17, 15) is 4.79 Å². The quantitative estimate of drug-likeness (QED) is 0.724. The number of aromatic amines is 1. The van der Waals surface area contributed by atoms with Gasteiger partial charge in [-0.25, -0.2) is 4.98 Å². The molecule has 2 aromatic heterocycles. The Hall–Kier alpha value is -3.16. The van der Waals surface area contributed by atoms with E-state index in [4.69, 9.17) is 0 Å². The van der Waals surface area contributed by atoms with Gasteiger partial charge in [0.25, 0.3) is 5.91 Å². The van der Waals surface area contributed by atoms with Crippen molar-refractivity contribution in [3.8, 4) is 0 Å². The number of hydrogen-bond acceptors (Lipinski definition) is 6. The van der Waals surface area contributed by atoms with Crippen LogP contribution in [0.5, 0.6) is 0 Å². The number of H-pyrrole nitrogens is 1. The minimum atomic E-state index is 0.0579. The zero-order chi connectivity index (χ0) is 19.5. The standard InChI is InChI=1S/C20H25N7O/c1-26(2)19-8-6-16(13-21-19)22-15-4-3-10-27(11-9-15)20(28)14-5-7-17-18(12-14)24-25-23-17/h5-8,12-13,15,22H,3-4,9-11H2,1-2H3,(H,23,24,25). The fourth-order valence-corrected chi connectivity index (χ4v) is 3.57. The van der Waals surface area contributed by atoms with Crippen LogP contribution >= 0.6 is 0 Å². The van der Waals surface area contributed by atoms with Gasteiger partial charge < -0.3 is 15.1 Å². The smallest absolute Gasteiger partial charge is 0.253 e. The molecule has 1 unspecified atom stereocenters. The van der Waals surface area contributed by atoms with Crippen molar-refractivity contribution >= 4 is 28.4 Å². The topological polar surface area (TPSA) is 90.0 Å². The molecule has 1 aromatic carbocycles. The minimum absolute atomic E-state index is 0.0579. The van der Waals surface area contributed by atoms with Crippen molar-refractivity contribution in [2.24, 2.45) is 0 Å². The molecular weight excluding hydrogens is 354 g/mol. The molecule has 3 aromatic rings. The molecule has 146 valence electrons. The lowest BCUT2D eigenvalue weighted by molar-refractivity contribution is 0.0761. The summed E-state index contributed by atoms with van der Waals surface area (Å²) in [5.74, 6) is 0.995. The van der Waals surface area contributed by atoms with E-state index in [1.165, 1.54) is 0 Å². The van der Waals surface area contributed by atoms with Crippen molar-refractivity contribution < 1.29 is 4.79 Å². The Morgan fingerprint density at radius 1 is 1.14 bits per heavy atom. The average Bonchev–Trinajstić information content (AvgIpc) is 3.06. The fraction of sp³-hybridized carbons (Fsp3) is 0.400. The molecule has 1 atom stereocenters. The molecule has 28 heavy (non-hydrogen) atoms. The van der Waals surface area contributed by atoms with Gasteiger partial charge in [0.15, 0.2) is 0 Å². The Kier molecular flexibility index (Phi) is 5.10. The molecule has 1 amide bonds. The molecule has 2 N–H and O–H groups in total. The molecule has 1 aliphatic rings. The lowest BCUT2D eigenvalue weighted by atomic mass is 10.1. The third kappa shape index (κ3) is 3.90. The monoisotopic (exact) mass is 379 g/mol. The number of nitrogens with zero attached hydrogens (tertiary/aromatic N) is 5. The van der Waals surface area contributed by atoms with Crippen LogP contribution < -0.4 is 10.2 Å². The summed E-state index contributed by atoms with van der Waals surface area (Å²) in [7, 11) is 3.96. The van der Waals surface area contributed by atoms with Crippen molar-refractivity contribution in [2.75, 3.05) is 37.4 Å². The van der Waals surface area contributed by atoms with Crippen molar-refractivity contribution in [2.45, 2.75) is 25.3 Å². The van der Waals surface area contributed by atoms with E-state index >= 15 is 0 Å². The van der Waals surface area contributed by atoms with Crippen LogP contribution in [0.4, 0.5) is 11.5 Å². The fourth-order valence-electron chi connectivity index (χ4n) is 3.57. The molecule has 0 spiro atoms. The van der Waals surface area contributed by atoms with E-state index in [2.05, 4.69) is 31.8 Å². The minimum Gasteiger partial charge on any atom is -0.381 e. The first-order valence-electron chi connectivity index (χ1n) is 9.60. The van der Waals surface area contributed by atoms with Crippen LogP contribution in [-0.4, -0.2) is 64.4 Å². The predicted octanol–water partition coefficient (Wildman–Crippen LogP) is 2.53. The van der Waals surface area contributed by atoms with Gasteiger partial charge in [-0.1, -0.05) is 0 Å². The summed E-state index contributed by atoms with van der Waals surface area (Å²) >= 11 is 0. The summed E-state index contributed by atoms with van der Waals surface area (Å²) in [6.07, 6.45) is 4.78. The highest BCUT2D eigenvalue weighted by atomic mass is 16.2. The number of pyridine rings is 1. The molecule has 8 heteroatoms. The Morgan fingerprint density at radius 2 is 2.00 bits per heavy atom. The van der Waals surface area contributed by atoms with Crippen molar-refractivity contribution in [3.05, 3.63) is 42.1 Å².